The number of nitrogens with one attached hydrogen (secondary N) is 1. The summed E-state index contributed by atoms with van der Waals surface area (Å²) in [7, 11) is 0. The Bertz CT molecular complexity index is 374. The molecule has 0 bridgehead atoms. The molecule has 2 rings (SSSR count). The highest BCUT2D eigenvalue weighted by Gasteiger charge is 2.30. The van der Waals surface area contributed by atoms with Crippen LogP contribution in [0, 0.1) is 0 Å². The quantitative estimate of drug-likeness (QED) is 0.864. The summed E-state index contributed by atoms with van der Waals surface area (Å²) in [6.45, 7) is 2.65. The van der Waals surface area contributed by atoms with Crippen molar-refractivity contribution < 1.29 is 17.9 Å². The van der Waals surface area contributed by atoms with Crippen LogP contribution in [-0.2, 0) is 17.3 Å². The van der Waals surface area contributed by atoms with E-state index in [1.54, 1.807) is 0 Å². The van der Waals surface area contributed by atoms with Crippen LogP contribution in [0.4, 0.5) is 13.2 Å². The molecule has 1 aliphatic rings. The van der Waals surface area contributed by atoms with Gasteiger partial charge in [-0.3, -0.25) is 5.32 Å². The number of rotatable bonds is 2. The highest BCUT2D eigenvalue weighted by Crippen LogP contribution is 2.29. The smallest absolute Gasteiger partial charge is 0.361 e. The Morgan fingerprint density at radius 3 is 2.41 bits per heavy atom. The molecule has 2 unspecified atom stereocenters. The molecule has 0 spiro atoms. The van der Waals surface area contributed by atoms with Crippen LogP contribution in [-0.4, -0.2) is 18.9 Å². The Morgan fingerprint density at radius 2 is 1.94 bits per heavy atom. The lowest BCUT2D eigenvalue weighted by atomic mass is 10.1. The van der Waals surface area contributed by atoms with Crippen molar-refractivity contribution in [3.63, 3.8) is 0 Å². The lowest BCUT2D eigenvalue weighted by molar-refractivity contribution is -0.137. The molecule has 0 saturated carbocycles. The van der Waals surface area contributed by atoms with Gasteiger partial charge in [0.25, 0.3) is 0 Å². The van der Waals surface area contributed by atoms with Crippen LogP contribution in [0.1, 0.15) is 18.1 Å². The van der Waals surface area contributed by atoms with E-state index in [1.165, 1.54) is 12.1 Å². The molecule has 17 heavy (non-hydrogen) atoms. The Hall–Kier alpha value is -1.07. The monoisotopic (exact) mass is 245 g/mol. The zero-order chi connectivity index (χ0) is 12.5. The third-order valence-corrected chi connectivity index (χ3v) is 2.72. The van der Waals surface area contributed by atoms with Gasteiger partial charge in [0.05, 0.1) is 12.2 Å². The average Bonchev–Trinajstić information content (AvgIpc) is 2.63. The second kappa shape index (κ2) is 4.66. The maximum absolute atomic E-state index is 12.3. The van der Waals surface area contributed by atoms with Crippen LogP contribution < -0.4 is 5.32 Å². The first-order valence-electron chi connectivity index (χ1n) is 5.49. The van der Waals surface area contributed by atoms with Crippen molar-refractivity contribution in [2.24, 2.45) is 0 Å². The van der Waals surface area contributed by atoms with Crippen molar-refractivity contribution in [1.82, 2.24) is 5.32 Å². The van der Waals surface area contributed by atoms with Crippen molar-refractivity contribution in [2.75, 3.05) is 6.61 Å². The van der Waals surface area contributed by atoms with Crippen molar-refractivity contribution >= 4 is 0 Å². The van der Waals surface area contributed by atoms with E-state index in [0.717, 1.165) is 17.7 Å². The Labute approximate surface area is 97.8 Å². The summed E-state index contributed by atoms with van der Waals surface area (Å²) in [6, 6.07) is 5.50. The van der Waals surface area contributed by atoms with Crippen LogP contribution in [0.25, 0.3) is 0 Å². The van der Waals surface area contributed by atoms with Crippen molar-refractivity contribution in [3.8, 4) is 0 Å². The summed E-state index contributed by atoms with van der Waals surface area (Å²) in [6.07, 6.45) is -3.78. The Kier molecular flexibility index (Phi) is 3.40. The van der Waals surface area contributed by atoms with E-state index in [0.29, 0.717) is 19.1 Å². The van der Waals surface area contributed by atoms with Gasteiger partial charge in [-0.05, 0) is 24.6 Å². The van der Waals surface area contributed by atoms with Gasteiger partial charge in [-0.15, -0.1) is 0 Å². The highest BCUT2D eigenvalue weighted by atomic mass is 19.4. The molecule has 0 aromatic heterocycles. The van der Waals surface area contributed by atoms with E-state index in [9.17, 15) is 13.2 Å². The van der Waals surface area contributed by atoms with Gasteiger partial charge in [0.2, 0.25) is 0 Å². The maximum atomic E-state index is 12.3. The maximum Gasteiger partial charge on any atom is 0.416 e. The largest absolute Gasteiger partial charge is 0.416 e. The van der Waals surface area contributed by atoms with Gasteiger partial charge >= 0.3 is 6.18 Å². The second-order valence-corrected chi connectivity index (χ2v) is 4.29. The predicted molar refractivity (Wildman–Crippen MR) is 57.5 cm³/mol. The molecule has 1 aliphatic heterocycles. The topological polar surface area (TPSA) is 21.3 Å². The van der Waals surface area contributed by atoms with E-state index in [1.807, 2.05) is 6.92 Å². The third-order valence-electron chi connectivity index (χ3n) is 2.72. The molecule has 1 heterocycles. The van der Waals surface area contributed by atoms with Crippen molar-refractivity contribution in [3.05, 3.63) is 35.4 Å². The predicted octanol–water partition coefficient (Wildman–Crippen LogP) is 2.58. The van der Waals surface area contributed by atoms with Gasteiger partial charge in [0.15, 0.2) is 0 Å². The zero-order valence-electron chi connectivity index (χ0n) is 9.42. The second-order valence-electron chi connectivity index (χ2n) is 4.29. The minimum Gasteiger partial charge on any atom is -0.361 e. The number of hydrogen-bond donors (Lipinski definition) is 1. The lowest BCUT2D eigenvalue weighted by Crippen LogP contribution is -2.29. The van der Waals surface area contributed by atoms with E-state index < -0.39 is 11.7 Å². The number of alkyl halides is 3. The van der Waals surface area contributed by atoms with Gasteiger partial charge in [0, 0.05) is 12.5 Å². The van der Waals surface area contributed by atoms with Crippen LogP contribution in [0.5, 0.6) is 0 Å². The highest BCUT2D eigenvalue weighted by molar-refractivity contribution is 5.25. The van der Waals surface area contributed by atoms with E-state index >= 15 is 0 Å². The summed E-state index contributed by atoms with van der Waals surface area (Å²) in [5.74, 6) is 0. The zero-order valence-corrected chi connectivity index (χ0v) is 9.42. The van der Waals surface area contributed by atoms with Crippen molar-refractivity contribution in [2.45, 2.75) is 31.8 Å². The normalized spacial score (nSPS) is 25.2. The lowest BCUT2D eigenvalue weighted by Gasteiger charge is -2.11. The van der Waals surface area contributed by atoms with Crippen LogP contribution in [0.2, 0.25) is 0 Å². The summed E-state index contributed by atoms with van der Waals surface area (Å²) in [5.41, 5.74) is 0.222. The molecule has 0 aliphatic carbocycles. The van der Waals surface area contributed by atoms with Crippen molar-refractivity contribution in [1.29, 1.82) is 0 Å². The minimum atomic E-state index is -4.27. The number of hydrogen-bond acceptors (Lipinski definition) is 2. The summed E-state index contributed by atoms with van der Waals surface area (Å²) in [5, 5.41) is 3.20. The Morgan fingerprint density at radius 1 is 1.29 bits per heavy atom. The minimum absolute atomic E-state index is 0.0956. The third kappa shape index (κ3) is 3.20. The fourth-order valence-corrected chi connectivity index (χ4v) is 1.84. The summed E-state index contributed by atoms with van der Waals surface area (Å²) in [4.78, 5) is 0. The molecule has 94 valence electrons. The standard InChI is InChI=1S/C12H14F3NO/c1-8-7-17-11(16-8)6-9-2-4-10(5-3-9)12(13,14)15/h2-5,8,11,16H,6-7H2,1H3. The first-order valence-corrected chi connectivity index (χ1v) is 5.49. The molecule has 1 aromatic rings. The molecule has 0 radical (unpaired) electrons. The van der Waals surface area contributed by atoms with Gasteiger partial charge in [-0.1, -0.05) is 12.1 Å². The molecule has 1 fully saturated rings. The average molecular weight is 245 g/mol. The van der Waals surface area contributed by atoms with E-state index in [4.69, 9.17) is 4.74 Å². The molecule has 1 N–H and O–H groups in total. The summed E-state index contributed by atoms with van der Waals surface area (Å²) < 4.78 is 42.4. The Balaban J connectivity index is 1.99. The van der Waals surface area contributed by atoms with Gasteiger partial charge in [-0.2, -0.15) is 13.2 Å². The molecular weight excluding hydrogens is 231 g/mol. The molecule has 5 heteroatoms. The van der Waals surface area contributed by atoms with E-state index in [2.05, 4.69) is 5.32 Å². The molecule has 1 aromatic carbocycles. The van der Waals surface area contributed by atoms with E-state index in [-0.39, 0.29) is 6.23 Å². The summed E-state index contributed by atoms with van der Waals surface area (Å²) >= 11 is 0. The van der Waals surface area contributed by atoms with Crippen LogP contribution >= 0.6 is 0 Å². The number of benzene rings is 1. The molecule has 2 atom stereocenters. The van der Waals surface area contributed by atoms with Gasteiger partial charge in [0.1, 0.15) is 6.23 Å². The fraction of sp³-hybridized carbons (Fsp3) is 0.500. The van der Waals surface area contributed by atoms with Crippen LogP contribution in [0.3, 0.4) is 0 Å². The molecule has 1 saturated heterocycles. The molecule has 0 amide bonds. The first-order chi connectivity index (χ1) is 7.95. The van der Waals surface area contributed by atoms with Crippen LogP contribution in [0.15, 0.2) is 24.3 Å². The van der Waals surface area contributed by atoms with Gasteiger partial charge in [-0.25, -0.2) is 0 Å². The van der Waals surface area contributed by atoms with Gasteiger partial charge < -0.3 is 4.74 Å². The first kappa shape index (κ1) is 12.4. The fourth-order valence-electron chi connectivity index (χ4n) is 1.84. The number of ether oxygens (including phenoxy) is 1. The molecular formula is C12H14F3NO. The molecule has 2 nitrogen and oxygen atoms in total. The number of halogens is 3. The SMILES string of the molecule is CC1COC(Cc2ccc(C(F)(F)F)cc2)N1.